The SMILES string of the molecule is CCNC(=NCc1cccnc1OCC(F)(F)F)NCC(C)c1ccsc1.I. The van der Waals surface area contributed by atoms with Crippen LogP contribution in [-0.4, -0.2) is 36.8 Å². The van der Waals surface area contributed by atoms with Gasteiger partial charge in [0.05, 0.1) is 6.54 Å². The lowest BCUT2D eigenvalue weighted by atomic mass is 10.1. The normalized spacial score (nSPS) is 12.8. The molecular weight excluding hydrogens is 504 g/mol. The third kappa shape index (κ3) is 8.63. The fourth-order valence-electron chi connectivity index (χ4n) is 2.25. The number of nitrogens with zero attached hydrogens (tertiary/aromatic N) is 2. The number of alkyl halides is 3. The second-order valence-electron chi connectivity index (χ2n) is 5.91. The topological polar surface area (TPSA) is 58.5 Å². The van der Waals surface area contributed by atoms with Crippen molar-refractivity contribution < 1.29 is 17.9 Å². The molecule has 0 spiro atoms. The van der Waals surface area contributed by atoms with Crippen molar-refractivity contribution in [2.24, 2.45) is 4.99 Å². The Labute approximate surface area is 183 Å². The number of aromatic nitrogens is 1. The summed E-state index contributed by atoms with van der Waals surface area (Å²) in [5.74, 6) is 0.843. The first-order valence-corrected chi connectivity index (χ1v) is 9.51. The van der Waals surface area contributed by atoms with Gasteiger partial charge in [0.25, 0.3) is 0 Å². The zero-order valence-corrected chi connectivity index (χ0v) is 18.8. The van der Waals surface area contributed by atoms with Crippen LogP contribution in [0.15, 0.2) is 40.1 Å². The second-order valence-corrected chi connectivity index (χ2v) is 6.69. The first-order chi connectivity index (χ1) is 12.9. The monoisotopic (exact) mass is 528 g/mol. The molecule has 0 fully saturated rings. The Morgan fingerprint density at radius 3 is 2.75 bits per heavy atom. The lowest BCUT2D eigenvalue weighted by molar-refractivity contribution is -0.154. The number of nitrogens with one attached hydrogen (secondary N) is 2. The predicted octanol–water partition coefficient (Wildman–Crippen LogP) is 4.56. The molecule has 0 saturated heterocycles. The minimum Gasteiger partial charge on any atom is -0.468 e. The number of guanidine groups is 1. The molecule has 5 nitrogen and oxygen atoms in total. The van der Waals surface area contributed by atoms with E-state index in [4.69, 9.17) is 4.74 Å². The standard InChI is InChI=1S/C18H23F3N4OS.HI/c1-3-22-17(24-9-13(2)15-6-8-27-11-15)25-10-14-5-4-7-23-16(14)26-12-18(19,20)21;/h4-8,11,13H,3,9-10,12H2,1-2H3,(H2,22,24,25);1H. The Balaban J connectivity index is 0.00000392. The van der Waals surface area contributed by atoms with E-state index in [2.05, 4.69) is 39.0 Å². The highest BCUT2D eigenvalue weighted by atomic mass is 127. The summed E-state index contributed by atoms with van der Waals surface area (Å²) in [5.41, 5.74) is 1.74. The Morgan fingerprint density at radius 1 is 1.32 bits per heavy atom. The fourth-order valence-corrected chi connectivity index (χ4v) is 3.04. The lowest BCUT2D eigenvalue weighted by Crippen LogP contribution is -2.39. The minimum atomic E-state index is -4.41. The van der Waals surface area contributed by atoms with Gasteiger partial charge in [0, 0.05) is 24.8 Å². The molecule has 1 unspecified atom stereocenters. The Kier molecular flexibility index (Phi) is 10.6. The molecule has 0 bridgehead atoms. The summed E-state index contributed by atoms with van der Waals surface area (Å²) in [4.78, 5) is 8.32. The van der Waals surface area contributed by atoms with E-state index in [1.54, 1.807) is 23.5 Å². The Hall–Kier alpha value is -1.56. The van der Waals surface area contributed by atoms with Crippen molar-refractivity contribution in [2.75, 3.05) is 19.7 Å². The number of aliphatic imine (C=N–C) groups is 1. The molecule has 156 valence electrons. The molecule has 2 N–H and O–H groups in total. The van der Waals surface area contributed by atoms with E-state index in [1.165, 1.54) is 11.8 Å². The van der Waals surface area contributed by atoms with Crippen molar-refractivity contribution in [2.45, 2.75) is 32.5 Å². The van der Waals surface area contributed by atoms with Gasteiger partial charge in [0.1, 0.15) is 0 Å². The van der Waals surface area contributed by atoms with Gasteiger partial charge >= 0.3 is 6.18 Å². The summed E-state index contributed by atoms with van der Waals surface area (Å²) >= 11 is 1.65. The third-order valence-corrected chi connectivity index (χ3v) is 4.36. The highest BCUT2D eigenvalue weighted by molar-refractivity contribution is 14.0. The molecule has 0 aromatic carbocycles. The second kappa shape index (κ2) is 12.1. The summed E-state index contributed by atoms with van der Waals surface area (Å²) in [6.07, 6.45) is -3.02. The number of pyridine rings is 1. The molecule has 2 rings (SSSR count). The van der Waals surface area contributed by atoms with Crippen LogP contribution in [0.3, 0.4) is 0 Å². The molecule has 0 aliphatic heterocycles. The van der Waals surface area contributed by atoms with Gasteiger partial charge in [-0.3, -0.25) is 0 Å². The van der Waals surface area contributed by atoms with Gasteiger partial charge in [-0.1, -0.05) is 13.0 Å². The van der Waals surface area contributed by atoms with Crippen LogP contribution in [0, 0.1) is 0 Å². The van der Waals surface area contributed by atoms with Crippen LogP contribution >= 0.6 is 35.3 Å². The van der Waals surface area contributed by atoms with E-state index in [0.29, 0.717) is 30.5 Å². The van der Waals surface area contributed by atoms with Crippen molar-refractivity contribution in [3.05, 3.63) is 46.3 Å². The average molecular weight is 528 g/mol. The van der Waals surface area contributed by atoms with Crippen molar-refractivity contribution in [3.63, 3.8) is 0 Å². The van der Waals surface area contributed by atoms with E-state index in [-0.39, 0.29) is 36.4 Å². The van der Waals surface area contributed by atoms with E-state index in [9.17, 15) is 13.2 Å². The maximum absolute atomic E-state index is 12.4. The molecular formula is C18H24F3IN4OS. The number of rotatable bonds is 8. The molecule has 28 heavy (non-hydrogen) atoms. The summed E-state index contributed by atoms with van der Waals surface area (Å²) in [6, 6.07) is 5.38. The molecule has 2 heterocycles. The smallest absolute Gasteiger partial charge is 0.422 e. The molecule has 2 aromatic heterocycles. The van der Waals surface area contributed by atoms with E-state index < -0.39 is 12.8 Å². The zero-order chi connectivity index (χ0) is 19.7. The number of hydrogen-bond donors (Lipinski definition) is 2. The number of halogens is 4. The molecule has 0 aliphatic rings. The summed E-state index contributed by atoms with van der Waals surface area (Å²) < 4.78 is 41.9. The van der Waals surface area contributed by atoms with Gasteiger partial charge in [0.2, 0.25) is 5.88 Å². The third-order valence-electron chi connectivity index (χ3n) is 3.66. The van der Waals surface area contributed by atoms with Crippen LogP contribution in [0.25, 0.3) is 0 Å². The molecule has 2 aromatic rings. The molecule has 1 atom stereocenters. The van der Waals surface area contributed by atoms with E-state index in [1.807, 2.05) is 12.3 Å². The Morgan fingerprint density at radius 2 is 2.11 bits per heavy atom. The van der Waals surface area contributed by atoms with E-state index in [0.717, 1.165) is 0 Å². The maximum Gasteiger partial charge on any atom is 0.422 e. The van der Waals surface area contributed by atoms with Gasteiger partial charge in [0.15, 0.2) is 12.6 Å². The van der Waals surface area contributed by atoms with Gasteiger partial charge in [-0.25, -0.2) is 9.98 Å². The van der Waals surface area contributed by atoms with Gasteiger partial charge in [-0.15, -0.1) is 24.0 Å². The number of hydrogen-bond acceptors (Lipinski definition) is 4. The van der Waals surface area contributed by atoms with Crippen LogP contribution < -0.4 is 15.4 Å². The minimum absolute atomic E-state index is 0. The average Bonchev–Trinajstić information content (AvgIpc) is 3.17. The highest BCUT2D eigenvalue weighted by Crippen LogP contribution is 2.20. The first kappa shape index (κ1) is 24.5. The quantitative estimate of drug-likeness (QED) is 0.300. The summed E-state index contributed by atoms with van der Waals surface area (Å²) in [6.45, 7) is 4.20. The Bertz CT molecular complexity index is 726. The van der Waals surface area contributed by atoms with Crippen molar-refractivity contribution in [3.8, 4) is 5.88 Å². The predicted molar refractivity (Wildman–Crippen MR) is 117 cm³/mol. The van der Waals surface area contributed by atoms with Crippen LogP contribution in [-0.2, 0) is 6.54 Å². The summed E-state index contributed by atoms with van der Waals surface area (Å²) in [7, 11) is 0. The van der Waals surface area contributed by atoms with Crippen LogP contribution in [0.1, 0.15) is 30.9 Å². The first-order valence-electron chi connectivity index (χ1n) is 8.56. The number of ether oxygens (including phenoxy) is 1. The largest absolute Gasteiger partial charge is 0.468 e. The van der Waals surface area contributed by atoms with Gasteiger partial charge < -0.3 is 15.4 Å². The number of thiophene rings is 1. The van der Waals surface area contributed by atoms with Crippen LogP contribution in [0.5, 0.6) is 5.88 Å². The molecule has 10 heteroatoms. The molecule has 0 aliphatic carbocycles. The van der Waals surface area contributed by atoms with Crippen molar-refractivity contribution in [1.82, 2.24) is 15.6 Å². The highest BCUT2D eigenvalue weighted by Gasteiger charge is 2.29. The molecule has 0 saturated carbocycles. The van der Waals surface area contributed by atoms with Gasteiger partial charge in [-0.05, 0) is 41.3 Å². The van der Waals surface area contributed by atoms with Gasteiger partial charge in [-0.2, -0.15) is 24.5 Å². The molecule has 0 radical (unpaired) electrons. The molecule has 0 amide bonds. The van der Waals surface area contributed by atoms with Crippen molar-refractivity contribution >= 4 is 41.3 Å². The zero-order valence-electron chi connectivity index (χ0n) is 15.6. The lowest BCUT2D eigenvalue weighted by Gasteiger charge is -2.15. The summed E-state index contributed by atoms with van der Waals surface area (Å²) in [5, 5.41) is 10.5. The van der Waals surface area contributed by atoms with Crippen molar-refractivity contribution in [1.29, 1.82) is 0 Å². The van der Waals surface area contributed by atoms with Crippen LogP contribution in [0.4, 0.5) is 13.2 Å². The fraction of sp³-hybridized carbons (Fsp3) is 0.444. The van der Waals surface area contributed by atoms with Crippen LogP contribution in [0.2, 0.25) is 0 Å². The maximum atomic E-state index is 12.4. The van der Waals surface area contributed by atoms with E-state index >= 15 is 0 Å².